The van der Waals surface area contributed by atoms with Gasteiger partial charge in [0.1, 0.15) is 0 Å². The van der Waals surface area contributed by atoms with E-state index in [-0.39, 0.29) is 5.41 Å². The van der Waals surface area contributed by atoms with Crippen molar-refractivity contribution in [1.82, 2.24) is 14.8 Å². The van der Waals surface area contributed by atoms with Gasteiger partial charge in [-0.05, 0) is 39.7 Å². The van der Waals surface area contributed by atoms with E-state index in [2.05, 4.69) is 22.3 Å². The van der Waals surface area contributed by atoms with E-state index in [1.807, 2.05) is 11.8 Å². The highest BCUT2D eigenvalue weighted by Gasteiger charge is 2.61. The number of aryl methyl sites for hydroxylation is 1. The highest BCUT2D eigenvalue weighted by molar-refractivity contribution is 7.09. The molecule has 1 N–H and O–H groups in total. The van der Waals surface area contributed by atoms with Crippen LogP contribution in [0.4, 0.5) is 13.2 Å². The molecule has 0 aromatic carbocycles. The third-order valence-corrected chi connectivity index (χ3v) is 6.70. The van der Waals surface area contributed by atoms with E-state index < -0.39 is 12.1 Å². The Labute approximate surface area is 159 Å². The second-order valence-electron chi connectivity index (χ2n) is 7.41. The Morgan fingerprint density at radius 3 is 2.56 bits per heavy atom. The normalized spacial score (nSPS) is 30.1. The summed E-state index contributed by atoms with van der Waals surface area (Å²) >= 11 is 1.67. The number of aliphatic carboxylic acids is 1. The molecule has 1 spiro atoms. The summed E-state index contributed by atoms with van der Waals surface area (Å²) in [6.07, 6.45) is -0.474. The maximum atomic E-state index is 13.0. The van der Waals surface area contributed by atoms with Gasteiger partial charge >= 0.3 is 12.1 Å². The molecule has 4 heterocycles. The van der Waals surface area contributed by atoms with Crippen LogP contribution < -0.4 is 0 Å². The minimum Gasteiger partial charge on any atom is -0.475 e. The van der Waals surface area contributed by atoms with Gasteiger partial charge in [-0.2, -0.15) is 13.2 Å². The van der Waals surface area contributed by atoms with Gasteiger partial charge in [-0.15, -0.1) is 11.3 Å². The summed E-state index contributed by atoms with van der Waals surface area (Å²) in [4.78, 5) is 30.9. The summed E-state index contributed by atoms with van der Waals surface area (Å²) in [6, 6.07) is 1.13. The number of aromatic nitrogens is 1. The molecule has 1 aromatic heterocycles. The number of rotatable bonds is 2. The van der Waals surface area contributed by atoms with E-state index in [4.69, 9.17) is 9.90 Å². The highest BCUT2D eigenvalue weighted by Crippen LogP contribution is 2.54. The topological polar surface area (TPSA) is 73.7 Å². The van der Waals surface area contributed by atoms with Crippen molar-refractivity contribution in [2.24, 2.45) is 5.41 Å². The van der Waals surface area contributed by atoms with E-state index in [0.29, 0.717) is 24.5 Å². The summed E-state index contributed by atoms with van der Waals surface area (Å²) < 4.78 is 31.7. The Balaban J connectivity index is 0.000000260. The predicted molar refractivity (Wildman–Crippen MR) is 92.2 cm³/mol. The van der Waals surface area contributed by atoms with Crippen LogP contribution in [0.3, 0.4) is 0 Å². The molecule has 1 amide bonds. The van der Waals surface area contributed by atoms with Gasteiger partial charge in [0.15, 0.2) is 0 Å². The van der Waals surface area contributed by atoms with Crippen molar-refractivity contribution in [2.75, 3.05) is 13.6 Å². The summed E-state index contributed by atoms with van der Waals surface area (Å²) in [5.41, 5.74) is 0.984. The van der Waals surface area contributed by atoms with Crippen molar-refractivity contribution in [1.29, 1.82) is 0 Å². The fourth-order valence-electron chi connectivity index (χ4n) is 4.66. The van der Waals surface area contributed by atoms with Crippen LogP contribution in [0.25, 0.3) is 0 Å². The van der Waals surface area contributed by atoms with Gasteiger partial charge in [-0.1, -0.05) is 0 Å². The predicted octanol–water partition coefficient (Wildman–Crippen LogP) is 2.67. The first kappa shape index (κ1) is 20.1. The molecular formula is C17H22F3N3O3S. The molecule has 6 nitrogen and oxygen atoms in total. The van der Waals surface area contributed by atoms with E-state index in [9.17, 15) is 18.0 Å². The summed E-state index contributed by atoms with van der Waals surface area (Å²) in [6.45, 7) is 3.63. The molecule has 150 valence electrons. The molecule has 3 fully saturated rings. The van der Waals surface area contributed by atoms with E-state index in [1.54, 1.807) is 11.3 Å². The first-order valence-electron chi connectivity index (χ1n) is 8.77. The average Bonchev–Trinajstić information content (AvgIpc) is 3.30. The number of hydrogen-bond acceptors (Lipinski definition) is 5. The molecule has 3 aliphatic heterocycles. The van der Waals surface area contributed by atoms with Gasteiger partial charge in [-0.3, -0.25) is 9.69 Å². The number of hydrogen-bond donors (Lipinski definition) is 1. The van der Waals surface area contributed by atoms with Gasteiger partial charge in [0, 0.05) is 24.0 Å². The van der Waals surface area contributed by atoms with Gasteiger partial charge in [0.25, 0.3) is 0 Å². The Bertz CT molecular complexity index is 738. The van der Waals surface area contributed by atoms with Crippen molar-refractivity contribution in [3.8, 4) is 0 Å². The smallest absolute Gasteiger partial charge is 0.475 e. The molecule has 2 bridgehead atoms. The zero-order chi connectivity index (χ0) is 20.0. The lowest BCUT2D eigenvalue weighted by molar-refractivity contribution is -0.192. The molecule has 27 heavy (non-hydrogen) atoms. The third kappa shape index (κ3) is 3.69. The number of carboxylic acids is 1. The van der Waals surface area contributed by atoms with Crippen molar-refractivity contribution >= 4 is 23.2 Å². The highest BCUT2D eigenvalue weighted by atomic mass is 32.1. The molecule has 3 unspecified atom stereocenters. The number of carbonyl (C=O) groups is 2. The first-order chi connectivity index (χ1) is 12.5. The molecule has 0 saturated carbocycles. The molecule has 3 aliphatic rings. The molecule has 3 saturated heterocycles. The van der Waals surface area contributed by atoms with Crippen molar-refractivity contribution < 1.29 is 27.9 Å². The largest absolute Gasteiger partial charge is 0.490 e. The Kier molecular flexibility index (Phi) is 5.24. The van der Waals surface area contributed by atoms with Gasteiger partial charge in [-0.25, -0.2) is 9.78 Å². The van der Waals surface area contributed by atoms with Crippen LogP contribution in [-0.4, -0.2) is 63.6 Å². The SMILES string of the molecule is Cc1nc(CN2CCC3(CC4CCC3N4C)C2=O)cs1.O=C(O)C(F)(F)F. The van der Waals surface area contributed by atoms with Crippen LogP contribution in [0.2, 0.25) is 0 Å². The van der Waals surface area contributed by atoms with Crippen molar-refractivity contribution in [2.45, 2.75) is 57.4 Å². The maximum absolute atomic E-state index is 13.0. The minimum absolute atomic E-state index is 0.0667. The van der Waals surface area contributed by atoms with E-state index >= 15 is 0 Å². The second-order valence-corrected chi connectivity index (χ2v) is 8.47. The summed E-state index contributed by atoms with van der Waals surface area (Å²) in [5, 5.41) is 10.3. The number of thiazole rings is 1. The number of fused-ring (bicyclic) bond motifs is 3. The van der Waals surface area contributed by atoms with Gasteiger partial charge < -0.3 is 10.0 Å². The average molecular weight is 405 g/mol. The monoisotopic (exact) mass is 405 g/mol. The zero-order valence-corrected chi connectivity index (χ0v) is 15.9. The van der Waals surface area contributed by atoms with Crippen LogP contribution in [0.5, 0.6) is 0 Å². The van der Waals surface area contributed by atoms with Crippen molar-refractivity contribution in [3.63, 3.8) is 0 Å². The third-order valence-electron chi connectivity index (χ3n) is 5.88. The molecule has 0 radical (unpaired) electrons. The number of nitrogens with zero attached hydrogens (tertiary/aromatic N) is 3. The fraction of sp³-hybridized carbons (Fsp3) is 0.706. The summed E-state index contributed by atoms with van der Waals surface area (Å²) in [7, 11) is 2.21. The number of alkyl halides is 3. The second kappa shape index (κ2) is 7.05. The fourth-order valence-corrected chi connectivity index (χ4v) is 5.27. The van der Waals surface area contributed by atoms with E-state index in [0.717, 1.165) is 30.1 Å². The molecule has 3 atom stereocenters. The maximum Gasteiger partial charge on any atom is 0.490 e. The quantitative estimate of drug-likeness (QED) is 0.819. The number of carboxylic acid groups (broad SMARTS) is 1. The molecule has 1 aromatic rings. The Hall–Kier alpha value is -1.68. The number of likely N-dealkylation sites (tertiary alicyclic amines) is 1. The van der Waals surface area contributed by atoms with E-state index in [1.165, 1.54) is 12.8 Å². The Morgan fingerprint density at radius 2 is 2.11 bits per heavy atom. The van der Waals surface area contributed by atoms with Crippen LogP contribution in [-0.2, 0) is 16.1 Å². The zero-order valence-electron chi connectivity index (χ0n) is 15.1. The standard InChI is InChI=1S/C15H21N3OS.C2HF3O2/c1-10-16-11(9-20-10)8-18-6-5-15(14(18)19)7-12-3-4-13(15)17(12)2;3-2(4,5)1(6)7/h9,12-13H,3-8H2,1-2H3;(H,6,7). The molecule has 0 aliphatic carbocycles. The Morgan fingerprint density at radius 1 is 1.44 bits per heavy atom. The van der Waals surface area contributed by atoms with Crippen LogP contribution in [0.15, 0.2) is 5.38 Å². The van der Waals surface area contributed by atoms with Crippen molar-refractivity contribution in [3.05, 3.63) is 16.1 Å². The molecule has 4 rings (SSSR count). The number of carbonyl (C=O) groups excluding carboxylic acids is 1. The number of amides is 1. The van der Waals surface area contributed by atoms with Crippen LogP contribution in [0, 0.1) is 12.3 Å². The van der Waals surface area contributed by atoms with Gasteiger partial charge in [0.05, 0.1) is 22.7 Å². The molecule has 10 heteroatoms. The molecular weight excluding hydrogens is 383 g/mol. The number of halogens is 3. The lowest BCUT2D eigenvalue weighted by Crippen LogP contribution is -2.43. The van der Waals surface area contributed by atoms with Crippen LogP contribution in [0.1, 0.15) is 36.4 Å². The van der Waals surface area contributed by atoms with Crippen LogP contribution >= 0.6 is 11.3 Å². The lowest BCUT2D eigenvalue weighted by Gasteiger charge is -2.31. The lowest BCUT2D eigenvalue weighted by atomic mass is 9.72. The first-order valence-corrected chi connectivity index (χ1v) is 9.65. The van der Waals surface area contributed by atoms with Gasteiger partial charge in [0.2, 0.25) is 5.91 Å². The summed E-state index contributed by atoms with van der Waals surface area (Å²) in [5.74, 6) is -2.37. The minimum atomic E-state index is -5.08.